The molecule has 1 atom stereocenters. The van der Waals surface area contributed by atoms with E-state index in [9.17, 15) is 9.59 Å². The van der Waals surface area contributed by atoms with Gasteiger partial charge in [0.1, 0.15) is 0 Å². The van der Waals surface area contributed by atoms with Crippen molar-refractivity contribution in [1.29, 1.82) is 0 Å². The normalized spacial score (nSPS) is 15.3. The van der Waals surface area contributed by atoms with Crippen LogP contribution in [0, 0.1) is 0 Å². The van der Waals surface area contributed by atoms with Gasteiger partial charge in [0.15, 0.2) is 11.5 Å². The van der Waals surface area contributed by atoms with Gasteiger partial charge in [-0.05, 0) is 42.2 Å². The summed E-state index contributed by atoms with van der Waals surface area (Å²) in [6.07, 6.45) is 1.01. The van der Waals surface area contributed by atoms with E-state index in [2.05, 4.69) is 11.4 Å². The van der Waals surface area contributed by atoms with Crippen molar-refractivity contribution in [2.24, 2.45) is 0 Å². The van der Waals surface area contributed by atoms with Crippen molar-refractivity contribution in [3.63, 3.8) is 0 Å². The summed E-state index contributed by atoms with van der Waals surface area (Å²) in [5.74, 6) is 0.863. The number of rotatable bonds is 7. The number of nitrogens with zero attached hydrogens (tertiary/aromatic N) is 1. The summed E-state index contributed by atoms with van der Waals surface area (Å²) < 4.78 is 10.9. The van der Waals surface area contributed by atoms with Crippen molar-refractivity contribution >= 4 is 23.4 Å². The molecule has 1 N–H and O–H groups in total. The molecule has 160 valence electrons. The maximum atomic E-state index is 12.7. The SMILES string of the molecule is CCOc1c(Cl)cc(CNC(=O)C[C@H]2c3ccccc3CCN2C(C)=O)cc1OC. The molecule has 7 heteroatoms. The Kier molecular flexibility index (Phi) is 7.21. The quantitative estimate of drug-likeness (QED) is 0.723. The summed E-state index contributed by atoms with van der Waals surface area (Å²) in [7, 11) is 1.55. The first-order valence-electron chi connectivity index (χ1n) is 10.1. The zero-order valence-electron chi connectivity index (χ0n) is 17.5. The first-order chi connectivity index (χ1) is 14.4. The lowest BCUT2D eigenvalue weighted by molar-refractivity contribution is -0.133. The fourth-order valence-electron chi connectivity index (χ4n) is 3.86. The van der Waals surface area contributed by atoms with Crippen LogP contribution in [0.15, 0.2) is 36.4 Å². The third-order valence-corrected chi connectivity index (χ3v) is 5.54. The first kappa shape index (κ1) is 22.0. The van der Waals surface area contributed by atoms with E-state index in [1.165, 1.54) is 5.56 Å². The van der Waals surface area contributed by atoms with Crippen molar-refractivity contribution in [3.05, 3.63) is 58.1 Å². The lowest BCUT2D eigenvalue weighted by atomic mass is 9.90. The van der Waals surface area contributed by atoms with E-state index < -0.39 is 0 Å². The van der Waals surface area contributed by atoms with Crippen LogP contribution >= 0.6 is 11.6 Å². The average molecular weight is 431 g/mol. The third kappa shape index (κ3) is 4.87. The van der Waals surface area contributed by atoms with Gasteiger partial charge in [-0.1, -0.05) is 35.9 Å². The van der Waals surface area contributed by atoms with Gasteiger partial charge in [-0.25, -0.2) is 0 Å². The highest BCUT2D eigenvalue weighted by Gasteiger charge is 2.30. The zero-order chi connectivity index (χ0) is 21.7. The number of carbonyl (C=O) groups is 2. The fourth-order valence-corrected chi connectivity index (χ4v) is 4.14. The van der Waals surface area contributed by atoms with E-state index in [-0.39, 0.29) is 24.3 Å². The average Bonchev–Trinajstić information content (AvgIpc) is 2.73. The van der Waals surface area contributed by atoms with Crippen molar-refractivity contribution < 1.29 is 19.1 Å². The van der Waals surface area contributed by atoms with Gasteiger partial charge < -0.3 is 19.7 Å². The van der Waals surface area contributed by atoms with E-state index >= 15 is 0 Å². The maximum absolute atomic E-state index is 12.7. The minimum Gasteiger partial charge on any atom is -0.493 e. The molecule has 1 aliphatic heterocycles. The standard InChI is InChI=1S/C23H27ClN2O4/c1-4-30-23-19(24)11-16(12-21(23)29-3)14-25-22(28)13-20-18-8-6-5-7-17(18)9-10-26(20)15(2)27/h5-8,11-12,20H,4,9-10,13-14H2,1-3H3,(H,25,28)/t20-/m0/s1. The minimum absolute atomic E-state index is 0.0228. The van der Waals surface area contributed by atoms with Gasteiger partial charge in [-0.2, -0.15) is 0 Å². The Labute approximate surface area is 182 Å². The Morgan fingerprint density at radius 2 is 2.03 bits per heavy atom. The Bertz CT molecular complexity index is 931. The molecule has 2 aromatic rings. The largest absolute Gasteiger partial charge is 0.493 e. The minimum atomic E-state index is -0.258. The zero-order valence-corrected chi connectivity index (χ0v) is 18.3. The Morgan fingerprint density at radius 3 is 2.73 bits per heavy atom. The monoisotopic (exact) mass is 430 g/mol. The first-order valence-corrected chi connectivity index (χ1v) is 10.4. The van der Waals surface area contributed by atoms with Crippen LogP contribution in [0.2, 0.25) is 5.02 Å². The molecule has 6 nitrogen and oxygen atoms in total. The second-order valence-electron chi connectivity index (χ2n) is 7.20. The third-order valence-electron chi connectivity index (χ3n) is 5.26. The van der Waals surface area contributed by atoms with Crippen molar-refractivity contribution in [1.82, 2.24) is 10.2 Å². The lowest BCUT2D eigenvalue weighted by Crippen LogP contribution is -2.41. The smallest absolute Gasteiger partial charge is 0.222 e. The molecule has 30 heavy (non-hydrogen) atoms. The highest BCUT2D eigenvalue weighted by Crippen LogP contribution is 2.36. The van der Waals surface area contributed by atoms with Gasteiger partial charge in [-0.15, -0.1) is 0 Å². The summed E-state index contributed by atoms with van der Waals surface area (Å²) >= 11 is 6.31. The molecule has 0 aliphatic carbocycles. The number of methoxy groups -OCH3 is 1. The van der Waals surface area contributed by atoms with Crippen LogP contribution < -0.4 is 14.8 Å². The van der Waals surface area contributed by atoms with E-state index in [0.717, 1.165) is 17.5 Å². The molecule has 3 rings (SSSR count). The van der Waals surface area contributed by atoms with Crippen molar-refractivity contribution in [3.8, 4) is 11.5 Å². The van der Waals surface area contributed by atoms with Crippen molar-refractivity contribution in [2.45, 2.75) is 39.3 Å². The molecular formula is C23H27ClN2O4. The fraction of sp³-hybridized carbons (Fsp3) is 0.391. The Morgan fingerprint density at radius 1 is 1.27 bits per heavy atom. The molecule has 0 unspecified atom stereocenters. The van der Waals surface area contributed by atoms with E-state index in [4.69, 9.17) is 21.1 Å². The van der Waals surface area contributed by atoms with Crippen LogP contribution in [-0.2, 0) is 22.6 Å². The number of amides is 2. The lowest BCUT2D eigenvalue weighted by Gasteiger charge is -2.36. The summed E-state index contributed by atoms with van der Waals surface area (Å²) in [6, 6.07) is 11.3. The van der Waals surface area contributed by atoms with Gasteiger partial charge >= 0.3 is 0 Å². The van der Waals surface area contributed by atoms with Gasteiger partial charge in [0.2, 0.25) is 11.8 Å². The van der Waals surface area contributed by atoms with Gasteiger partial charge in [0, 0.05) is 20.0 Å². The molecular weight excluding hydrogens is 404 g/mol. The molecule has 1 aliphatic rings. The van der Waals surface area contributed by atoms with E-state index in [1.807, 2.05) is 25.1 Å². The van der Waals surface area contributed by atoms with Gasteiger partial charge in [0.25, 0.3) is 0 Å². The number of halogens is 1. The molecule has 0 aromatic heterocycles. The van der Waals surface area contributed by atoms with Crippen LogP contribution in [-0.4, -0.2) is 37.0 Å². The summed E-state index contributed by atoms with van der Waals surface area (Å²) in [5.41, 5.74) is 3.04. The van der Waals surface area contributed by atoms with Crippen LogP contribution in [0.3, 0.4) is 0 Å². The molecule has 0 saturated heterocycles. The highest BCUT2D eigenvalue weighted by molar-refractivity contribution is 6.32. The van der Waals surface area contributed by atoms with E-state index in [0.29, 0.717) is 36.2 Å². The number of hydrogen-bond acceptors (Lipinski definition) is 4. The number of ether oxygens (including phenoxy) is 2. The molecule has 0 spiro atoms. The number of hydrogen-bond donors (Lipinski definition) is 1. The number of fused-ring (bicyclic) bond motifs is 1. The predicted molar refractivity (Wildman–Crippen MR) is 116 cm³/mol. The molecule has 1 heterocycles. The molecule has 2 amide bonds. The van der Waals surface area contributed by atoms with Crippen molar-refractivity contribution in [2.75, 3.05) is 20.3 Å². The predicted octanol–water partition coefficient (Wildman–Crippen LogP) is 3.90. The molecule has 0 saturated carbocycles. The van der Waals surface area contributed by atoms with Gasteiger partial charge in [-0.3, -0.25) is 9.59 Å². The second-order valence-corrected chi connectivity index (χ2v) is 7.61. The summed E-state index contributed by atoms with van der Waals surface area (Å²) in [5, 5.41) is 3.37. The molecule has 0 bridgehead atoms. The number of nitrogens with one attached hydrogen (secondary N) is 1. The van der Waals surface area contributed by atoms with Crippen LogP contribution in [0.4, 0.5) is 0 Å². The maximum Gasteiger partial charge on any atom is 0.222 e. The molecule has 2 aromatic carbocycles. The number of benzene rings is 2. The van der Waals surface area contributed by atoms with Crippen LogP contribution in [0.25, 0.3) is 0 Å². The Hall–Kier alpha value is -2.73. The van der Waals surface area contributed by atoms with Crippen LogP contribution in [0.1, 0.15) is 43.0 Å². The topological polar surface area (TPSA) is 67.9 Å². The van der Waals surface area contributed by atoms with E-state index in [1.54, 1.807) is 31.1 Å². The highest BCUT2D eigenvalue weighted by atomic mass is 35.5. The summed E-state index contributed by atoms with van der Waals surface area (Å²) in [6.45, 7) is 4.82. The molecule has 0 radical (unpaired) electrons. The number of carbonyl (C=O) groups excluding carboxylic acids is 2. The Balaban J connectivity index is 1.71. The summed E-state index contributed by atoms with van der Waals surface area (Å²) in [4.78, 5) is 26.6. The van der Waals surface area contributed by atoms with Gasteiger partial charge in [0.05, 0.1) is 31.2 Å². The molecule has 0 fully saturated rings. The van der Waals surface area contributed by atoms with Crippen LogP contribution in [0.5, 0.6) is 11.5 Å². The second kappa shape index (κ2) is 9.85.